The van der Waals surface area contributed by atoms with E-state index in [4.69, 9.17) is 5.73 Å². The van der Waals surface area contributed by atoms with Crippen LogP contribution in [0.25, 0.3) is 0 Å². The third-order valence-electron chi connectivity index (χ3n) is 3.92. The highest BCUT2D eigenvalue weighted by atomic mass is 15.3. The second-order valence-corrected chi connectivity index (χ2v) is 5.56. The molecule has 1 aliphatic rings. The van der Waals surface area contributed by atoms with E-state index >= 15 is 0 Å². The summed E-state index contributed by atoms with van der Waals surface area (Å²) in [7, 11) is 0. The molecule has 4 heteroatoms. The lowest BCUT2D eigenvalue weighted by molar-refractivity contribution is 0.254. The van der Waals surface area contributed by atoms with Gasteiger partial charge in [-0.3, -0.25) is 4.90 Å². The van der Waals surface area contributed by atoms with E-state index in [0.29, 0.717) is 0 Å². The largest absolute Gasteiger partial charge is 0.369 e. The molecule has 1 aromatic rings. The van der Waals surface area contributed by atoms with E-state index in [1.807, 2.05) is 0 Å². The van der Waals surface area contributed by atoms with Crippen molar-refractivity contribution in [3.63, 3.8) is 0 Å². The van der Waals surface area contributed by atoms with Crippen LogP contribution in [-0.4, -0.2) is 57.3 Å². The Balaban J connectivity index is 1.66. The number of rotatable bonds is 7. The molecule has 0 spiro atoms. The van der Waals surface area contributed by atoms with Crippen molar-refractivity contribution in [3.05, 3.63) is 29.8 Å². The number of benzene rings is 1. The highest BCUT2D eigenvalue weighted by Gasteiger charge is 2.16. The normalized spacial score (nSPS) is 16.6. The van der Waals surface area contributed by atoms with Crippen LogP contribution in [0.5, 0.6) is 0 Å². The average Bonchev–Trinajstić information content (AvgIpc) is 2.49. The highest BCUT2D eigenvalue weighted by molar-refractivity contribution is 5.47. The molecule has 0 aromatic heterocycles. The molecule has 0 aliphatic carbocycles. The van der Waals surface area contributed by atoms with E-state index in [2.05, 4.69) is 46.3 Å². The summed E-state index contributed by atoms with van der Waals surface area (Å²) in [5.74, 6) is 0. The number of hydrogen-bond acceptors (Lipinski definition) is 4. The summed E-state index contributed by atoms with van der Waals surface area (Å²) in [6, 6.07) is 8.87. The molecule has 0 radical (unpaired) electrons. The van der Waals surface area contributed by atoms with Crippen LogP contribution in [0.2, 0.25) is 0 Å². The third-order valence-corrected chi connectivity index (χ3v) is 3.92. The molecule has 0 unspecified atom stereocenters. The van der Waals surface area contributed by atoms with Crippen molar-refractivity contribution in [1.82, 2.24) is 10.2 Å². The first-order chi connectivity index (χ1) is 9.79. The summed E-state index contributed by atoms with van der Waals surface area (Å²) in [6.45, 7) is 10.7. The van der Waals surface area contributed by atoms with Gasteiger partial charge < -0.3 is 16.0 Å². The first kappa shape index (κ1) is 15.3. The zero-order chi connectivity index (χ0) is 14.2. The van der Waals surface area contributed by atoms with Gasteiger partial charge in [-0.25, -0.2) is 0 Å². The fourth-order valence-corrected chi connectivity index (χ4v) is 2.64. The molecule has 1 aliphatic heterocycles. The van der Waals surface area contributed by atoms with Crippen LogP contribution in [0, 0.1) is 6.92 Å². The minimum Gasteiger partial charge on any atom is -0.369 e. The molecule has 20 heavy (non-hydrogen) atoms. The monoisotopic (exact) mass is 276 g/mol. The lowest BCUT2D eigenvalue weighted by Gasteiger charge is -2.36. The average molecular weight is 276 g/mol. The Morgan fingerprint density at radius 1 is 1.05 bits per heavy atom. The lowest BCUT2D eigenvalue weighted by atomic mass is 10.2. The van der Waals surface area contributed by atoms with Crippen LogP contribution in [0.3, 0.4) is 0 Å². The number of piperazine rings is 1. The zero-order valence-electron chi connectivity index (χ0n) is 12.6. The van der Waals surface area contributed by atoms with Crippen molar-refractivity contribution < 1.29 is 0 Å². The summed E-state index contributed by atoms with van der Waals surface area (Å²) in [5, 5.41) is 3.35. The summed E-state index contributed by atoms with van der Waals surface area (Å²) in [5.41, 5.74) is 8.15. The van der Waals surface area contributed by atoms with E-state index in [9.17, 15) is 0 Å². The summed E-state index contributed by atoms with van der Waals surface area (Å²) in [4.78, 5) is 5.05. The molecule has 0 atom stereocenters. The fourth-order valence-electron chi connectivity index (χ4n) is 2.64. The number of nitrogens with zero attached hydrogens (tertiary/aromatic N) is 2. The Kier molecular flexibility index (Phi) is 6.30. The van der Waals surface area contributed by atoms with Crippen LogP contribution in [-0.2, 0) is 0 Å². The molecule has 0 saturated carbocycles. The van der Waals surface area contributed by atoms with E-state index in [-0.39, 0.29) is 0 Å². The molecule has 0 amide bonds. The number of anilines is 1. The smallest absolute Gasteiger partial charge is 0.0367 e. The van der Waals surface area contributed by atoms with Crippen molar-refractivity contribution in [2.75, 3.05) is 57.3 Å². The fraction of sp³-hybridized carbons (Fsp3) is 0.625. The van der Waals surface area contributed by atoms with Crippen molar-refractivity contribution in [2.24, 2.45) is 5.73 Å². The van der Waals surface area contributed by atoms with Crippen LogP contribution in [0.15, 0.2) is 24.3 Å². The van der Waals surface area contributed by atoms with Crippen molar-refractivity contribution in [1.29, 1.82) is 0 Å². The number of nitrogens with two attached hydrogens (primary N) is 1. The van der Waals surface area contributed by atoms with Gasteiger partial charge in [0.2, 0.25) is 0 Å². The van der Waals surface area contributed by atoms with Gasteiger partial charge in [-0.1, -0.05) is 17.7 Å². The predicted molar refractivity (Wildman–Crippen MR) is 86.4 cm³/mol. The van der Waals surface area contributed by atoms with Gasteiger partial charge in [0.1, 0.15) is 0 Å². The van der Waals surface area contributed by atoms with E-state index in [0.717, 1.165) is 32.7 Å². The SMILES string of the molecule is Cc1ccc(N2CCN(CCCNCCN)CC2)cc1. The van der Waals surface area contributed by atoms with Gasteiger partial charge in [0, 0.05) is 45.0 Å². The summed E-state index contributed by atoms with van der Waals surface area (Å²) < 4.78 is 0. The maximum atomic E-state index is 5.45. The Hall–Kier alpha value is -1.10. The maximum Gasteiger partial charge on any atom is 0.0367 e. The molecule has 3 N–H and O–H groups in total. The molecule has 1 aromatic carbocycles. The van der Waals surface area contributed by atoms with Crippen LogP contribution in [0.4, 0.5) is 5.69 Å². The molecule has 1 fully saturated rings. The Labute approximate surface area is 122 Å². The van der Waals surface area contributed by atoms with Gasteiger partial charge in [0.15, 0.2) is 0 Å². The molecular weight excluding hydrogens is 248 g/mol. The third kappa shape index (κ3) is 4.78. The minimum atomic E-state index is 0.731. The zero-order valence-corrected chi connectivity index (χ0v) is 12.6. The van der Waals surface area contributed by atoms with Gasteiger partial charge in [0.25, 0.3) is 0 Å². The number of hydrogen-bond donors (Lipinski definition) is 2. The minimum absolute atomic E-state index is 0.731. The van der Waals surface area contributed by atoms with Crippen LogP contribution < -0.4 is 16.0 Å². The molecule has 112 valence electrons. The molecule has 1 saturated heterocycles. The molecular formula is C16H28N4. The lowest BCUT2D eigenvalue weighted by Crippen LogP contribution is -2.47. The van der Waals surface area contributed by atoms with E-state index < -0.39 is 0 Å². The highest BCUT2D eigenvalue weighted by Crippen LogP contribution is 2.17. The van der Waals surface area contributed by atoms with Crippen molar-refractivity contribution in [2.45, 2.75) is 13.3 Å². The predicted octanol–water partition coefficient (Wildman–Crippen LogP) is 1.06. The van der Waals surface area contributed by atoms with Gasteiger partial charge in [0.05, 0.1) is 0 Å². The molecule has 4 nitrogen and oxygen atoms in total. The van der Waals surface area contributed by atoms with Crippen molar-refractivity contribution >= 4 is 5.69 Å². The van der Waals surface area contributed by atoms with Crippen LogP contribution in [0.1, 0.15) is 12.0 Å². The second kappa shape index (κ2) is 8.25. The first-order valence-electron chi connectivity index (χ1n) is 7.74. The molecule has 0 bridgehead atoms. The number of aryl methyl sites for hydroxylation is 1. The standard InChI is InChI=1S/C16H28N4/c1-15-3-5-16(6-4-15)20-13-11-19(12-14-20)10-2-8-18-9-7-17/h3-6,18H,2,7-14,17H2,1H3. The van der Waals surface area contributed by atoms with Gasteiger partial charge in [-0.15, -0.1) is 0 Å². The van der Waals surface area contributed by atoms with Crippen molar-refractivity contribution in [3.8, 4) is 0 Å². The summed E-state index contributed by atoms with van der Waals surface area (Å²) >= 11 is 0. The first-order valence-corrected chi connectivity index (χ1v) is 7.74. The number of nitrogens with one attached hydrogen (secondary N) is 1. The molecule has 2 rings (SSSR count). The Bertz CT molecular complexity index is 369. The Morgan fingerprint density at radius 3 is 2.40 bits per heavy atom. The maximum absolute atomic E-state index is 5.45. The Morgan fingerprint density at radius 2 is 1.75 bits per heavy atom. The van der Waals surface area contributed by atoms with E-state index in [1.54, 1.807) is 0 Å². The molecule has 1 heterocycles. The topological polar surface area (TPSA) is 44.5 Å². The van der Waals surface area contributed by atoms with Crippen LogP contribution >= 0.6 is 0 Å². The van der Waals surface area contributed by atoms with Gasteiger partial charge >= 0.3 is 0 Å². The van der Waals surface area contributed by atoms with E-state index in [1.165, 1.54) is 37.3 Å². The second-order valence-electron chi connectivity index (χ2n) is 5.56. The summed E-state index contributed by atoms with van der Waals surface area (Å²) in [6.07, 6.45) is 1.21. The van der Waals surface area contributed by atoms with Gasteiger partial charge in [-0.05, 0) is 38.6 Å². The van der Waals surface area contributed by atoms with Gasteiger partial charge in [-0.2, -0.15) is 0 Å². The quantitative estimate of drug-likeness (QED) is 0.731.